The van der Waals surface area contributed by atoms with Crippen LogP contribution in [0.5, 0.6) is 0 Å². The van der Waals surface area contributed by atoms with Crippen molar-refractivity contribution in [3.63, 3.8) is 0 Å². The standard InChI is InChI=1S/C23H15N5O4S2/c1-14-25-26-22(33-14)24-23-27(15-7-3-2-4-8-15)21(29)20(34-23)13-16-11-12-19(32-16)17-9-5-6-10-18(17)28(30)31/h2-13H,1H3/b20-13+,24-23+. The number of hydrogen-bond donors (Lipinski definition) is 0. The minimum atomic E-state index is -0.456. The van der Waals surface area contributed by atoms with Crippen LogP contribution in [0, 0.1) is 17.0 Å². The molecule has 3 heterocycles. The van der Waals surface area contributed by atoms with E-state index in [9.17, 15) is 14.9 Å². The average Bonchev–Trinajstić information content (AvgIpc) is 3.55. The summed E-state index contributed by atoms with van der Waals surface area (Å²) in [5.74, 6) is 0.470. The molecule has 9 nitrogen and oxygen atoms in total. The van der Waals surface area contributed by atoms with Gasteiger partial charge in [-0.05, 0) is 49.0 Å². The van der Waals surface area contributed by atoms with Crippen molar-refractivity contribution < 1.29 is 14.1 Å². The number of hydrogen-bond acceptors (Lipinski definition) is 9. The van der Waals surface area contributed by atoms with Gasteiger partial charge >= 0.3 is 0 Å². The van der Waals surface area contributed by atoms with Gasteiger partial charge in [0.05, 0.1) is 21.1 Å². The van der Waals surface area contributed by atoms with Gasteiger partial charge in [0.2, 0.25) is 5.13 Å². The van der Waals surface area contributed by atoms with Gasteiger partial charge in [-0.15, -0.1) is 10.2 Å². The molecule has 0 unspecified atom stereocenters. The Hall–Kier alpha value is -4.09. The Morgan fingerprint density at radius 1 is 1.06 bits per heavy atom. The van der Waals surface area contributed by atoms with E-state index in [1.807, 2.05) is 37.3 Å². The first kappa shape index (κ1) is 21.7. The van der Waals surface area contributed by atoms with Crippen molar-refractivity contribution in [2.75, 3.05) is 4.90 Å². The van der Waals surface area contributed by atoms with Crippen molar-refractivity contribution >= 4 is 56.8 Å². The van der Waals surface area contributed by atoms with Crippen LogP contribution in [0.15, 0.2) is 81.0 Å². The maximum Gasteiger partial charge on any atom is 0.280 e. The van der Waals surface area contributed by atoms with Crippen LogP contribution >= 0.6 is 23.1 Å². The second kappa shape index (κ2) is 9.04. The van der Waals surface area contributed by atoms with E-state index in [4.69, 9.17) is 4.42 Å². The van der Waals surface area contributed by atoms with Gasteiger partial charge in [-0.25, -0.2) is 0 Å². The zero-order valence-electron chi connectivity index (χ0n) is 17.6. The second-order valence-corrected chi connectivity index (χ2v) is 9.23. The Labute approximate surface area is 201 Å². The van der Waals surface area contributed by atoms with Crippen LogP contribution in [0.2, 0.25) is 0 Å². The van der Waals surface area contributed by atoms with Crippen LogP contribution in [0.3, 0.4) is 0 Å². The summed E-state index contributed by atoms with van der Waals surface area (Å²) in [4.78, 5) is 30.7. The van der Waals surface area contributed by atoms with E-state index in [1.54, 1.807) is 36.4 Å². The van der Waals surface area contributed by atoms with Crippen molar-refractivity contribution in [3.05, 3.63) is 92.5 Å². The Balaban J connectivity index is 1.51. The van der Waals surface area contributed by atoms with Crippen LogP contribution in [-0.4, -0.2) is 26.2 Å². The van der Waals surface area contributed by atoms with Gasteiger partial charge in [-0.3, -0.25) is 19.8 Å². The van der Waals surface area contributed by atoms with Crippen molar-refractivity contribution in [2.45, 2.75) is 6.92 Å². The quantitative estimate of drug-likeness (QED) is 0.197. The number of amides is 1. The summed E-state index contributed by atoms with van der Waals surface area (Å²) in [6.45, 7) is 1.83. The van der Waals surface area contributed by atoms with Gasteiger partial charge in [-0.1, -0.05) is 41.7 Å². The molecule has 11 heteroatoms. The number of benzene rings is 2. The number of rotatable bonds is 5. The second-order valence-electron chi connectivity index (χ2n) is 7.06. The largest absolute Gasteiger partial charge is 0.456 e. The summed E-state index contributed by atoms with van der Waals surface area (Å²) in [6, 6.07) is 18.8. The van der Waals surface area contributed by atoms with E-state index in [2.05, 4.69) is 15.2 Å². The topological polar surface area (TPSA) is 115 Å². The van der Waals surface area contributed by atoms with E-state index in [0.29, 0.717) is 38.0 Å². The summed E-state index contributed by atoms with van der Waals surface area (Å²) in [6.07, 6.45) is 1.61. The summed E-state index contributed by atoms with van der Waals surface area (Å²) in [7, 11) is 0. The third-order valence-electron chi connectivity index (χ3n) is 4.79. The molecule has 1 aliphatic rings. The number of aryl methyl sites for hydroxylation is 1. The van der Waals surface area contributed by atoms with Crippen LogP contribution in [0.1, 0.15) is 10.8 Å². The molecule has 2 aromatic carbocycles. The summed E-state index contributed by atoms with van der Waals surface area (Å²) < 4.78 is 5.84. The molecule has 1 fully saturated rings. The number of anilines is 1. The molecule has 5 rings (SSSR count). The number of aromatic nitrogens is 2. The van der Waals surface area contributed by atoms with E-state index < -0.39 is 4.92 Å². The molecule has 2 aromatic heterocycles. The van der Waals surface area contributed by atoms with Gasteiger partial charge in [-0.2, -0.15) is 4.99 Å². The average molecular weight is 490 g/mol. The van der Waals surface area contributed by atoms with Crippen LogP contribution in [-0.2, 0) is 4.79 Å². The number of nitrogens with zero attached hydrogens (tertiary/aromatic N) is 5. The van der Waals surface area contributed by atoms with E-state index in [-0.39, 0.29) is 11.6 Å². The molecule has 1 saturated heterocycles. The SMILES string of the molecule is Cc1nnc(/N=C2/S/C(=C/c3ccc(-c4ccccc4[N+](=O)[O-])o3)C(=O)N2c2ccccc2)s1. The minimum Gasteiger partial charge on any atom is -0.456 e. The third-order valence-corrected chi connectivity index (χ3v) is 6.50. The Morgan fingerprint density at radius 2 is 1.82 bits per heavy atom. The number of carbonyl (C=O) groups excluding carboxylic acids is 1. The van der Waals surface area contributed by atoms with Gasteiger partial charge in [0.1, 0.15) is 16.5 Å². The fourth-order valence-corrected chi connectivity index (χ4v) is 4.89. The molecule has 1 amide bonds. The Bertz CT molecular complexity index is 1460. The van der Waals surface area contributed by atoms with E-state index >= 15 is 0 Å². The minimum absolute atomic E-state index is 0.0561. The first-order chi connectivity index (χ1) is 16.5. The van der Waals surface area contributed by atoms with Crippen LogP contribution in [0.4, 0.5) is 16.5 Å². The molecule has 0 bridgehead atoms. The zero-order chi connectivity index (χ0) is 23.7. The normalized spacial score (nSPS) is 16.0. The van der Waals surface area contributed by atoms with Crippen molar-refractivity contribution in [1.29, 1.82) is 0 Å². The Kier molecular flexibility index (Phi) is 5.78. The lowest BCUT2D eigenvalue weighted by atomic mass is 10.1. The molecule has 4 aromatic rings. The van der Waals surface area contributed by atoms with Gasteiger partial charge in [0.15, 0.2) is 5.17 Å². The fraction of sp³-hybridized carbons (Fsp3) is 0.0435. The van der Waals surface area contributed by atoms with Crippen LogP contribution < -0.4 is 4.90 Å². The molecule has 1 aliphatic heterocycles. The van der Waals surface area contributed by atoms with Crippen molar-refractivity contribution in [2.24, 2.45) is 4.99 Å². The smallest absolute Gasteiger partial charge is 0.280 e. The van der Waals surface area contributed by atoms with Crippen LogP contribution in [0.25, 0.3) is 17.4 Å². The number of thioether (sulfide) groups is 1. The first-order valence-corrected chi connectivity index (χ1v) is 11.6. The lowest BCUT2D eigenvalue weighted by molar-refractivity contribution is -0.384. The zero-order valence-corrected chi connectivity index (χ0v) is 19.2. The van der Waals surface area contributed by atoms with Gasteiger partial charge in [0, 0.05) is 12.1 Å². The molecule has 34 heavy (non-hydrogen) atoms. The number of nitro benzene ring substituents is 1. The highest BCUT2D eigenvalue weighted by Crippen LogP contribution is 2.38. The molecule has 0 radical (unpaired) electrons. The number of para-hydroxylation sites is 2. The number of nitro groups is 1. The monoisotopic (exact) mass is 489 g/mol. The fourth-order valence-electron chi connectivity index (χ4n) is 3.31. The Morgan fingerprint density at radius 3 is 2.56 bits per heavy atom. The third kappa shape index (κ3) is 4.26. The maximum atomic E-state index is 13.3. The molecule has 168 valence electrons. The molecule has 0 atom stereocenters. The summed E-state index contributed by atoms with van der Waals surface area (Å²) >= 11 is 2.52. The van der Waals surface area contributed by atoms with Gasteiger partial charge < -0.3 is 4.42 Å². The summed E-state index contributed by atoms with van der Waals surface area (Å²) in [5.41, 5.74) is 0.977. The van der Waals surface area contributed by atoms with Crippen molar-refractivity contribution in [3.8, 4) is 11.3 Å². The highest BCUT2D eigenvalue weighted by Gasteiger charge is 2.35. The first-order valence-electron chi connectivity index (χ1n) is 10.0. The molecular formula is C23H15N5O4S2. The number of aliphatic imine (C=N–C) groups is 1. The molecule has 0 spiro atoms. The molecule has 0 N–H and O–H groups in total. The predicted octanol–water partition coefficient (Wildman–Crippen LogP) is 5.82. The maximum absolute atomic E-state index is 13.3. The lowest BCUT2D eigenvalue weighted by Crippen LogP contribution is -2.28. The summed E-state index contributed by atoms with van der Waals surface area (Å²) in [5, 5.41) is 21.1. The molecule has 0 saturated carbocycles. The van der Waals surface area contributed by atoms with E-state index in [1.165, 1.54) is 34.1 Å². The van der Waals surface area contributed by atoms with E-state index in [0.717, 1.165) is 5.01 Å². The predicted molar refractivity (Wildman–Crippen MR) is 132 cm³/mol. The molecular weight excluding hydrogens is 474 g/mol. The number of carbonyl (C=O) groups is 1. The highest BCUT2D eigenvalue weighted by atomic mass is 32.2. The number of furan rings is 1. The lowest BCUT2D eigenvalue weighted by Gasteiger charge is -2.14. The van der Waals surface area contributed by atoms with Gasteiger partial charge in [0.25, 0.3) is 11.6 Å². The number of amidine groups is 1. The molecule has 0 aliphatic carbocycles. The van der Waals surface area contributed by atoms with Crippen molar-refractivity contribution in [1.82, 2.24) is 10.2 Å². The highest BCUT2D eigenvalue weighted by molar-refractivity contribution is 8.19.